The molecule has 0 aliphatic heterocycles. The Morgan fingerprint density at radius 1 is 0.889 bits per heavy atom. The average molecular weight is 383 g/mol. The lowest BCUT2D eigenvalue weighted by Gasteiger charge is -2.12. The molecule has 0 spiro atoms. The van der Waals surface area contributed by atoms with Crippen LogP contribution in [0.2, 0.25) is 0 Å². The van der Waals surface area contributed by atoms with E-state index in [2.05, 4.69) is 34.6 Å². The van der Waals surface area contributed by atoms with Gasteiger partial charge in [-0.05, 0) is 23.8 Å². The lowest BCUT2D eigenvalue weighted by atomic mass is 10.1. The number of aromatic amines is 1. The molecule has 1 atom stereocenters. The predicted octanol–water partition coefficient (Wildman–Crippen LogP) is 4.44. The van der Waals surface area contributed by atoms with Crippen LogP contribution in [-0.4, -0.2) is 29.8 Å². The first-order chi connectivity index (χ1) is 12.8. The molecule has 0 bridgehead atoms. The molecule has 1 heterocycles. The molecular formula is C22H23ClN2O2. The molecule has 0 radical (unpaired) electrons. The number of rotatable bonds is 7. The summed E-state index contributed by atoms with van der Waals surface area (Å²) < 4.78 is 5.83. The molecule has 5 heteroatoms. The first-order valence-corrected chi connectivity index (χ1v) is 8.88. The van der Waals surface area contributed by atoms with Crippen LogP contribution in [-0.2, 0) is 0 Å². The summed E-state index contributed by atoms with van der Waals surface area (Å²) in [6.07, 6.45) is -0.501. The molecule has 3 N–H and O–H groups in total. The molecule has 4 rings (SSSR count). The molecule has 0 amide bonds. The lowest BCUT2D eigenvalue weighted by Crippen LogP contribution is -2.26. The van der Waals surface area contributed by atoms with E-state index in [0.29, 0.717) is 19.7 Å². The van der Waals surface area contributed by atoms with Gasteiger partial charge >= 0.3 is 0 Å². The molecule has 4 nitrogen and oxygen atoms in total. The van der Waals surface area contributed by atoms with E-state index in [9.17, 15) is 5.11 Å². The number of aromatic nitrogens is 1. The van der Waals surface area contributed by atoms with Crippen LogP contribution in [0.4, 0.5) is 0 Å². The van der Waals surface area contributed by atoms with Gasteiger partial charge in [-0.1, -0.05) is 48.5 Å². The van der Waals surface area contributed by atoms with Gasteiger partial charge in [0.1, 0.15) is 12.4 Å². The average Bonchev–Trinajstić information content (AvgIpc) is 3.06. The number of hydrogen-bond donors (Lipinski definition) is 3. The maximum Gasteiger partial charge on any atom is 0.121 e. The standard InChI is InChI=1S/C22H22N2O2.ClH/c25-22(16-6-2-1-3-7-16)15-23-12-13-26-17-10-11-19-18-8-4-5-9-20(18)24-21(19)14-17;/h1-11,14,22-25H,12-13,15H2;1H/t22-;/m1./s1. The highest BCUT2D eigenvalue weighted by Crippen LogP contribution is 2.28. The van der Waals surface area contributed by atoms with Crippen LogP contribution >= 0.6 is 12.4 Å². The topological polar surface area (TPSA) is 57.3 Å². The molecule has 140 valence electrons. The number of aliphatic hydroxyl groups excluding tert-OH is 1. The number of halogens is 1. The Labute approximate surface area is 164 Å². The van der Waals surface area contributed by atoms with Crippen LogP contribution in [0.1, 0.15) is 11.7 Å². The summed E-state index contributed by atoms with van der Waals surface area (Å²) in [7, 11) is 0. The van der Waals surface area contributed by atoms with Gasteiger partial charge in [0, 0.05) is 35.4 Å². The smallest absolute Gasteiger partial charge is 0.121 e. The number of aliphatic hydroxyl groups is 1. The third kappa shape index (κ3) is 4.42. The first kappa shape index (κ1) is 19.2. The second-order valence-corrected chi connectivity index (χ2v) is 6.36. The van der Waals surface area contributed by atoms with Crippen LogP contribution in [0.5, 0.6) is 5.75 Å². The number of H-pyrrole nitrogens is 1. The lowest BCUT2D eigenvalue weighted by molar-refractivity contribution is 0.172. The molecule has 27 heavy (non-hydrogen) atoms. The van der Waals surface area contributed by atoms with Gasteiger partial charge in [0.2, 0.25) is 0 Å². The van der Waals surface area contributed by atoms with Crippen LogP contribution in [0.25, 0.3) is 21.8 Å². The third-order valence-corrected chi connectivity index (χ3v) is 4.55. The van der Waals surface area contributed by atoms with Crippen molar-refractivity contribution in [1.82, 2.24) is 10.3 Å². The third-order valence-electron chi connectivity index (χ3n) is 4.55. The fraction of sp³-hybridized carbons (Fsp3) is 0.182. The van der Waals surface area contributed by atoms with E-state index < -0.39 is 6.10 Å². The van der Waals surface area contributed by atoms with E-state index >= 15 is 0 Å². The molecular weight excluding hydrogens is 360 g/mol. The van der Waals surface area contributed by atoms with E-state index in [4.69, 9.17) is 4.74 Å². The van der Waals surface area contributed by atoms with Gasteiger partial charge in [-0.2, -0.15) is 0 Å². The maximum atomic E-state index is 10.1. The van der Waals surface area contributed by atoms with Crippen molar-refractivity contribution in [3.8, 4) is 5.75 Å². The minimum absolute atomic E-state index is 0. The Morgan fingerprint density at radius 3 is 2.48 bits per heavy atom. The fourth-order valence-electron chi connectivity index (χ4n) is 3.20. The Morgan fingerprint density at radius 2 is 1.63 bits per heavy atom. The van der Waals surface area contributed by atoms with Crippen LogP contribution < -0.4 is 10.1 Å². The summed E-state index contributed by atoms with van der Waals surface area (Å²) in [4.78, 5) is 3.42. The van der Waals surface area contributed by atoms with Crippen molar-refractivity contribution in [3.05, 3.63) is 78.4 Å². The van der Waals surface area contributed by atoms with Gasteiger partial charge in [0.05, 0.1) is 11.6 Å². The highest BCUT2D eigenvalue weighted by Gasteiger charge is 2.06. The second-order valence-electron chi connectivity index (χ2n) is 6.36. The van der Waals surface area contributed by atoms with Crippen molar-refractivity contribution in [2.45, 2.75) is 6.10 Å². The van der Waals surface area contributed by atoms with Crippen LogP contribution in [0.3, 0.4) is 0 Å². The normalized spacial score (nSPS) is 12.0. The van der Waals surface area contributed by atoms with Gasteiger partial charge in [-0.25, -0.2) is 0 Å². The SMILES string of the molecule is Cl.O[C@H](CNCCOc1ccc2c(c1)[nH]c1ccccc12)c1ccccc1. The van der Waals surface area contributed by atoms with Crippen LogP contribution in [0.15, 0.2) is 72.8 Å². The highest BCUT2D eigenvalue weighted by atomic mass is 35.5. The molecule has 0 saturated heterocycles. The second kappa shape index (κ2) is 8.91. The summed E-state index contributed by atoms with van der Waals surface area (Å²) >= 11 is 0. The number of benzene rings is 3. The summed E-state index contributed by atoms with van der Waals surface area (Å²) in [5, 5.41) is 15.8. The van der Waals surface area contributed by atoms with Crippen molar-refractivity contribution in [2.24, 2.45) is 0 Å². The Bertz CT molecular complexity index is 1000. The number of nitrogens with one attached hydrogen (secondary N) is 2. The Hall–Kier alpha value is -2.53. The van der Waals surface area contributed by atoms with Crippen molar-refractivity contribution in [1.29, 1.82) is 0 Å². The van der Waals surface area contributed by atoms with E-state index in [0.717, 1.165) is 22.3 Å². The van der Waals surface area contributed by atoms with Gasteiger partial charge in [0.15, 0.2) is 0 Å². The number of ether oxygens (including phenoxy) is 1. The molecule has 0 fully saturated rings. The summed E-state index contributed by atoms with van der Waals surface area (Å²) in [6.45, 7) is 1.73. The minimum Gasteiger partial charge on any atom is -0.492 e. The van der Waals surface area contributed by atoms with Crippen molar-refractivity contribution < 1.29 is 9.84 Å². The summed E-state index contributed by atoms with van der Waals surface area (Å²) in [5.74, 6) is 0.842. The summed E-state index contributed by atoms with van der Waals surface area (Å²) in [5.41, 5.74) is 3.14. The molecule has 0 unspecified atom stereocenters. The summed E-state index contributed by atoms with van der Waals surface area (Å²) in [6, 6.07) is 24.1. The quantitative estimate of drug-likeness (QED) is 0.414. The first-order valence-electron chi connectivity index (χ1n) is 8.88. The zero-order chi connectivity index (χ0) is 17.8. The van der Waals surface area contributed by atoms with Gasteiger partial charge in [-0.15, -0.1) is 12.4 Å². The fourth-order valence-corrected chi connectivity index (χ4v) is 3.20. The van der Waals surface area contributed by atoms with Crippen molar-refractivity contribution in [3.63, 3.8) is 0 Å². The van der Waals surface area contributed by atoms with E-state index in [1.54, 1.807) is 0 Å². The zero-order valence-electron chi connectivity index (χ0n) is 14.9. The Balaban J connectivity index is 0.00000210. The van der Waals surface area contributed by atoms with Gasteiger partial charge in [0.25, 0.3) is 0 Å². The molecule has 3 aromatic carbocycles. The molecule has 0 aliphatic rings. The van der Waals surface area contributed by atoms with Crippen LogP contribution in [0, 0.1) is 0 Å². The molecule has 0 aliphatic carbocycles. The number of hydrogen-bond acceptors (Lipinski definition) is 3. The van der Waals surface area contributed by atoms with E-state index in [-0.39, 0.29) is 12.4 Å². The zero-order valence-corrected chi connectivity index (χ0v) is 15.7. The molecule has 4 aromatic rings. The Kier molecular flexibility index (Phi) is 6.35. The number of fused-ring (bicyclic) bond motifs is 3. The largest absolute Gasteiger partial charge is 0.492 e. The van der Waals surface area contributed by atoms with Gasteiger partial charge < -0.3 is 20.1 Å². The monoisotopic (exact) mass is 382 g/mol. The predicted molar refractivity (Wildman–Crippen MR) is 113 cm³/mol. The van der Waals surface area contributed by atoms with E-state index in [1.807, 2.05) is 48.5 Å². The molecule has 0 saturated carbocycles. The van der Waals surface area contributed by atoms with E-state index in [1.165, 1.54) is 10.8 Å². The maximum absolute atomic E-state index is 10.1. The minimum atomic E-state index is -0.501. The van der Waals surface area contributed by atoms with Crippen molar-refractivity contribution in [2.75, 3.05) is 19.7 Å². The highest BCUT2D eigenvalue weighted by molar-refractivity contribution is 6.07. The van der Waals surface area contributed by atoms with Crippen molar-refractivity contribution >= 4 is 34.2 Å². The molecule has 1 aromatic heterocycles. The number of para-hydroxylation sites is 1. The van der Waals surface area contributed by atoms with Gasteiger partial charge in [-0.3, -0.25) is 0 Å².